The van der Waals surface area contributed by atoms with Gasteiger partial charge in [0.05, 0.1) is 42.3 Å². The van der Waals surface area contributed by atoms with Crippen LogP contribution >= 0.6 is 0 Å². The van der Waals surface area contributed by atoms with Crippen molar-refractivity contribution in [1.82, 2.24) is 0 Å². The van der Waals surface area contributed by atoms with Crippen LogP contribution in [-0.4, -0.2) is 90.7 Å². The zero-order valence-electron chi connectivity index (χ0n) is 34.3. The molecule has 1 aliphatic carbocycles. The number of ether oxygens (including phenoxy) is 7. The topological polar surface area (TPSA) is 200 Å². The minimum atomic E-state index is -2.07. The van der Waals surface area contributed by atoms with Gasteiger partial charge in [0.2, 0.25) is 11.7 Å². The van der Waals surface area contributed by atoms with Crippen molar-refractivity contribution in [2.75, 3.05) is 14.2 Å². The van der Waals surface area contributed by atoms with Gasteiger partial charge in [-0.15, -0.1) is 0 Å². The molecule has 0 unspecified atom stereocenters. The van der Waals surface area contributed by atoms with Gasteiger partial charge in [-0.2, -0.15) is 0 Å². The van der Waals surface area contributed by atoms with Crippen molar-refractivity contribution in [1.29, 1.82) is 0 Å². The molecule has 1 aromatic rings. The van der Waals surface area contributed by atoms with Gasteiger partial charge in [0.15, 0.2) is 5.78 Å². The van der Waals surface area contributed by atoms with E-state index < -0.39 is 89.1 Å². The van der Waals surface area contributed by atoms with Crippen LogP contribution in [0.1, 0.15) is 99.0 Å². The molecule has 0 amide bonds. The Hall–Kier alpha value is -5.41. The maximum Gasteiger partial charge on any atom is 0.312 e. The number of carbonyl (C=O) groups excluding carboxylic acids is 6. The van der Waals surface area contributed by atoms with E-state index in [1.54, 1.807) is 52.8 Å². The first-order valence-corrected chi connectivity index (χ1v) is 18.5. The highest BCUT2D eigenvalue weighted by Crippen LogP contribution is 2.48. The van der Waals surface area contributed by atoms with Gasteiger partial charge in [-0.1, -0.05) is 45.9 Å². The second-order valence-electron chi connectivity index (χ2n) is 14.7. The highest BCUT2D eigenvalue weighted by atomic mass is 16.7. The standard InChI is InChI=1S/C42H51NO14/c1-19-14-13-15-20(2)41(52-12)43-28-18-29(47)31-32(35(28)49)38(56-27(9)46)24(6)39-33(31)40(50)42(10,57-39)53-17-16-30(51-11)21(3)37(55-26(8)45)23(5)34(48)22(4)36(19)54-25(7)44/h13-19,21-23,30,34,36-37,48H,1-12H3/b14-13+,17-16+,20-15-,43-41?/t19-,21+,22-,23+,30-,34+,36-,37+,42-/m0/s1. The fraction of sp³-hybridized carbons (Fsp3) is 0.500. The molecule has 15 heteroatoms. The molecule has 3 aliphatic heterocycles. The average Bonchev–Trinajstić information content (AvgIpc) is 3.40. The molecule has 9 atom stereocenters. The van der Waals surface area contributed by atoms with E-state index in [4.69, 9.17) is 33.2 Å². The van der Waals surface area contributed by atoms with Crippen molar-refractivity contribution in [2.24, 2.45) is 28.7 Å². The van der Waals surface area contributed by atoms with Crippen LogP contribution < -0.4 is 9.47 Å². The van der Waals surface area contributed by atoms with E-state index in [1.165, 1.54) is 54.3 Å². The molecule has 5 rings (SSSR count). The van der Waals surface area contributed by atoms with E-state index in [-0.39, 0.29) is 45.3 Å². The zero-order chi connectivity index (χ0) is 42.7. The number of aliphatic imine (C=N–C) groups is 1. The number of Topliss-reactive ketones (excluding diaryl/α,β-unsaturated/α-hetero) is 2. The zero-order valence-corrected chi connectivity index (χ0v) is 34.3. The summed E-state index contributed by atoms with van der Waals surface area (Å²) in [5.41, 5.74) is -0.760. The van der Waals surface area contributed by atoms with Crippen molar-refractivity contribution in [3.05, 3.63) is 70.2 Å². The number of benzene rings is 1. The van der Waals surface area contributed by atoms with Gasteiger partial charge in [-0.3, -0.25) is 28.8 Å². The van der Waals surface area contributed by atoms with E-state index in [9.17, 15) is 33.9 Å². The maximum atomic E-state index is 14.2. The minimum Gasteiger partial charge on any atom is -0.481 e. The lowest BCUT2D eigenvalue weighted by Crippen LogP contribution is -2.47. The summed E-state index contributed by atoms with van der Waals surface area (Å²) in [7, 11) is 2.74. The molecule has 1 N–H and O–H groups in total. The molecule has 3 heterocycles. The van der Waals surface area contributed by atoms with Crippen LogP contribution in [0.3, 0.4) is 0 Å². The molecular formula is C42H51NO14. The lowest BCUT2D eigenvalue weighted by Gasteiger charge is -2.38. The Kier molecular flexibility index (Phi) is 13.8. The van der Waals surface area contributed by atoms with E-state index >= 15 is 0 Å². The van der Waals surface area contributed by atoms with Crippen LogP contribution in [0.4, 0.5) is 0 Å². The number of aliphatic hydroxyl groups is 1. The van der Waals surface area contributed by atoms with Crippen molar-refractivity contribution >= 4 is 41.2 Å². The van der Waals surface area contributed by atoms with Gasteiger partial charge in [0.1, 0.15) is 29.4 Å². The summed E-state index contributed by atoms with van der Waals surface area (Å²) in [6.07, 6.45) is 4.92. The maximum absolute atomic E-state index is 14.2. The van der Waals surface area contributed by atoms with E-state index in [0.717, 1.165) is 13.0 Å². The fourth-order valence-corrected chi connectivity index (χ4v) is 7.43. The van der Waals surface area contributed by atoms with Crippen molar-refractivity contribution < 1.29 is 67.0 Å². The van der Waals surface area contributed by atoms with Crippen LogP contribution in [0.15, 0.2) is 52.9 Å². The number of fused-ring (bicyclic) bond motifs is 13. The van der Waals surface area contributed by atoms with Gasteiger partial charge in [0, 0.05) is 75.7 Å². The number of aliphatic hydroxyl groups excluding tert-OH is 1. The number of esters is 3. The smallest absolute Gasteiger partial charge is 0.312 e. The van der Waals surface area contributed by atoms with Crippen LogP contribution in [0, 0.1) is 30.6 Å². The second kappa shape index (κ2) is 17.8. The molecule has 4 aliphatic rings. The number of rotatable bonds is 4. The first kappa shape index (κ1) is 44.3. The first-order chi connectivity index (χ1) is 26.7. The van der Waals surface area contributed by atoms with Gasteiger partial charge in [0.25, 0.3) is 5.78 Å². The van der Waals surface area contributed by atoms with Crippen LogP contribution in [0.25, 0.3) is 0 Å². The second-order valence-corrected chi connectivity index (χ2v) is 14.7. The number of methoxy groups -OCH3 is 2. The first-order valence-electron chi connectivity index (χ1n) is 18.5. The quantitative estimate of drug-likeness (QED) is 0.302. The summed E-state index contributed by atoms with van der Waals surface area (Å²) < 4.78 is 40.3. The molecule has 0 spiro atoms. The third-order valence-electron chi connectivity index (χ3n) is 10.4. The van der Waals surface area contributed by atoms with Crippen molar-refractivity contribution in [3.63, 3.8) is 0 Å². The Morgan fingerprint density at radius 2 is 1.46 bits per heavy atom. The monoisotopic (exact) mass is 793 g/mol. The van der Waals surface area contributed by atoms with E-state index in [1.807, 2.05) is 0 Å². The summed E-state index contributed by atoms with van der Waals surface area (Å²) in [5, 5.41) is 11.8. The Morgan fingerprint density at radius 3 is 2.04 bits per heavy atom. The highest BCUT2D eigenvalue weighted by Gasteiger charge is 2.52. The van der Waals surface area contributed by atoms with Gasteiger partial charge >= 0.3 is 23.7 Å². The lowest BCUT2D eigenvalue weighted by atomic mass is 9.78. The average molecular weight is 794 g/mol. The lowest BCUT2D eigenvalue weighted by molar-refractivity contribution is -0.164. The Balaban J connectivity index is 1.96. The third kappa shape index (κ3) is 9.10. The number of ketones is 3. The summed E-state index contributed by atoms with van der Waals surface area (Å²) >= 11 is 0. The Bertz CT molecular complexity index is 1990. The van der Waals surface area contributed by atoms with E-state index in [2.05, 4.69) is 4.99 Å². The number of carbonyl (C=O) groups is 6. The van der Waals surface area contributed by atoms with E-state index in [0.29, 0.717) is 5.57 Å². The van der Waals surface area contributed by atoms with Gasteiger partial charge in [-0.25, -0.2) is 4.99 Å². The fourth-order valence-electron chi connectivity index (χ4n) is 7.43. The molecule has 1 aromatic carbocycles. The predicted molar refractivity (Wildman–Crippen MR) is 205 cm³/mol. The molecule has 57 heavy (non-hydrogen) atoms. The van der Waals surface area contributed by atoms with Crippen molar-refractivity contribution in [2.45, 2.75) is 99.4 Å². The third-order valence-corrected chi connectivity index (χ3v) is 10.4. The molecule has 0 saturated heterocycles. The SMILES string of the molecule is COC1=NC2=CC(=O)c3c(c(OC(C)=O)c(C)c4c3C(=O)[C@@](C)(O/C=C/[C@H](OC)[C@@H](C)[C@@H](OC(C)=O)[C@H](C)[C@H](O)[C@H](C)[C@@H](OC(C)=O)[C@@H](C)/C=C/C=C\1C)O4)C2=O. The number of allylic oxidation sites excluding steroid dienone is 4. The predicted octanol–water partition coefficient (Wildman–Crippen LogP) is 5.35. The molecule has 5 bridgehead atoms. The minimum absolute atomic E-state index is 0.0363. The van der Waals surface area contributed by atoms with Gasteiger partial charge < -0.3 is 38.3 Å². The Labute approximate surface area is 331 Å². The molecule has 308 valence electrons. The molecular weight excluding hydrogens is 742 g/mol. The van der Waals surface area contributed by atoms with Crippen molar-refractivity contribution in [3.8, 4) is 11.5 Å². The number of hydrogen-bond donors (Lipinski definition) is 1. The summed E-state index contributed by atoms with van der Waals surface area (Å²) in [6, 6.07) is 0. The summed E-state index contributed by atoms with van der Waals surface area (Å²) in [5.74, 6) is -9.32. The summed E-state index contributed by atoms with van der Waals surface area (Å²) in [6.45, 7) is 15.1. The largest absolute Gasteiger partial charge is 0.481 e. The molecule has 0 fully saturated rings. The molecule has 15 nitrogen and oxygen atoms in total. The van der Waals surface area contributed by atoms with Crippen LogP contribution in [0.5, 0.6) is 11.5 Å². The normalized spacial score (nSPS) is 31.4. The summed E-state index contributed by atoms with van der Waals surface area (Å²) in [4.78, 5) is 83.7. The number of hydrogen-bond acceptors (Lipinski definition) is 15. The van der Waals surface area contributed by atoms with Crippen LogP contribution in [-0.2, 0) is 38.1 Å². The highest BCUT2D eigenvalue weighted by molar-refractivity contribution is 6.30. The molecule has 0 aromatic heterocycles. The van der Waals surface area contributed by atoms with Gasteiger partial charge in [-0.05, 0) is 19.9 Å². The Morgan fingerprint density at radius 1 is 0.842 bits per heavy atom. The molecule has 0 saturated carbocycles. The molecule has 0 radical (unpaired) electrons. The van der Waals surface area contributed by atoms with Crippen LogP contribution in [0.2, 0.25) is 0 Å². The number of nitrogens with zero attached hydrogens (tertiary/aromatic N) is 1.